The Bertz CT molecular complexity index is 611. The number of hydrogen-bond donors (Lipinski definition) is 0. The number of hydrogen-bond acceptors (Lipinski definition) is 1. The van der Waals surface area contributed by atoms with Crippen molar-refractivity contribution < 1.29 is 13.2 Å². The molecule has 0 unspecified atom stereocenters. The highest BCUT2D eigenvalue weighted by atomic mass is 19.4. The van der Waals surface area contributed by atoms with Crippen molar-refractivity contribution in [3.05, 3.63) is 48.0 Å². The second-order valence-electron chi connectivity index (χ2n) is 4.44. The lowest BCUT2D eigenvalue weighted by molar-refractivity contribution is -0.135. The zero-order valence-corrected chi connectivity index (χ0v) is 10.1. The molecule has 4 heteroatoms. The summed E-state index contributed by atoms with van der Waals surface area (Å²) in [5.41, 5.74) is 0.644. The van der Waals surface area contributed by atoms with Crippen LogP contribution in [0.25, 0.3) is 10.8 Å². The summed E-state index contributed by atoms with van der Waals surface area (Å²) < 4.78 is 36.6. The zero-order chi connectivity index (χ0) is 13.9. The van der Waals surface area contributed by atoms with Crippen LogP contribution in [-0.2, 0) is 0 Å². The topological polar surface area (TPSA) is 23.8 Å². The van der Waals surface area contributed by atoms with E-state index in [9.17, 15) is 13.2 Å². The van der Waals surface area contributed by atoms with Gasteiger partial charge >= 0.3 is 6.18 Å². The van der Waals surface area contributed by atoms with E-state index >= 15 is 0 Å². The molecule has 1 nitrogen and oxygen atoms in total. The van der Waals surface area contributed by atoms with E-state index in [0.717, 1.165) is 10.8 Å². The van der Waals surface area contributed by atoms with Gasteiger partial charge in [0.25, 0.3) is 0 Å². The first-order valence-corrected chi connectivity index (χ1v) is 5.95. The maximum absolute atomic E-state index is 12.2. The van der Waals surface area contributed by atoms with E-state index in [0.29, 0.717) is 5.56 Å². The van der Waals surface area contributed by atoms with Crippen molar-refractivity contribution in [2.75, 3.05) is 0 Å². The first-order chi connectivity index (χ1) is 8.99. The summed E-state index contributed by atoms with van der Waals surface area (Å²) in [5.74, 6) is -0.716. The monoisotopic (exact) mass is 263 g/mol. The van der Waals surface area contributed by atoms with Crippen molar-refractivity contribution in [1.29, 1.82) is 5.26 Å². The molecule has 98 valence electrons. The molecule has 2 aromatic carbocycles. The molecule has 0 N–H and O–H groups in total. The van der Waals surface area contributed by atoms with Crippen LogP contribution in [0, 0.1) is 11.3 Å². The van der Waals surface area contributed by atoms with Crippen LogP contribution in [0.2, 0.25) is 0 Å². The van der Waals surface area contributed by atoms with Gasteiger partial charge in [0.2, 0.25) is 0 Å². The third-order valence-corrected chi connectivity index (χ3v) is 3.05. The summed E-state index contributed by atoms with van der Waals surface area (Å²) in [6.45, 7) is 0. The van der Waals surface area contributed by atoms with Crippen LogP contribution in [0.15, 0.2) is 42.5 Å². The highest BCUT2D eigenvalue weighted by Gasteiger charge is 2.28. The average Bonchev–Trinajstić information content (AvgIpc) is 2.38. The van der Waals surface area contributed by atoms with Gasteiger partial charge in [0, 0.05) is 6.42 Å². The molecule has 0 aliphatic rings. The Labute approximate surface area is 109 Å². The molecule has 2 rings (SSSR count). The van der Waals surface area contributed by atoms with E-state index in [1.807, 2.05) is 36.4 Å². The molecular weight excluding hydrogens is 251 g/mol. The first kappa shape index (κ1) is 13.4. The molecule has 0 aliphatic heterocycles. The third kappa shape index (κ3) is 3.47. The minimum absolute atomic E-state index is 0.196. The molecule has 2 aromatic rings. The number of nitriles is 1. The molecule has 1 atom stereocenters. The largest absolute Gasteiger partial charge is 0.389 e. The standard InChI is InChI=1S/C15H12F3N/c16-15(17,18)8-7-14(10-19)13-6-5-11-3-1-2-4-12(11)9-13/h1-6,9,14H,7-8H2/t14-/m1/s1. The lowest BCUT2D eigenvalue weighted by atomic mass is 9.93. The van der Waals surface area contributed by atoms with Gasteiger partial charge in [-0.1, -0.05) is 36.4 Å². The van der Waals surface area contributed by atoms with Crippen LogP contribution in [0.3, 0.4) is 0 Å². The molecule has 0 saturated heterocycles. The van der Waals surface area contributed by atoms with Gasteiger partial charge in [0.15, 0.2) is 0 Å². The summed E-state index contributed by atoms with van der Waals surface area (Å²) in [6.07, 6.45) is -5.34. The molecule has 0 saturated carbocycles. The predicted octanol–water partition coefficient (Wildman–Crippen LogP) is 4.79. The van der Waals surface area contributed by atoms with E-state index in [1.54, 1.807) is 12.1 Å². The molecule has 0 bridgehead atoms. The summed E-state index contributed by atoms with van der Waals surface area (Å²) in [4.78, 5) is 0. The van der Waals surface area contributed by atoms with Gasteiger partial charge in [-0.2, -0.15) is 18.4 Å². The molecule has 0 amide bonds. The highest BCUT2D eigenvalue weighted by Crippen LogP contribution is 2.30. The van der Waals surface area contributed by atoms with Crippen molar-refractivity contribution in [1.82, 2.24) is 0 Å². The van der Waals surface area contributed by atoms with E-state index in [-0.39, 0.29) is 6.42 Å². The first-order valence-electron chi connectivity index (χ1n) is 5.95. The highest BCUT2D eigenvalue weighted by molar-refractivity contribution is 5.83. The quantitative estimate of drug-likeness (QED) is 0.781. The number of nitrogens with zero attached hydrogens (tertiary/aromatic N) is 1. The van der Waals surface area contributed by atoms with Crippen LogP contribution in [0.4, 0.5) is 13.2 Å². The van der Waals surface area contributed by atoms with Crippen LogP contribution in [-0.4, -0.2) is 6.18 Å². The Morgan fingerprint density at radius 2 is 1.74 bits per heavy atom. The van der Waals surface area contributed by atoms with E-state index in [2.05, 4.69) is 0 Å². The van der Waals surface area contributed by atoms with E-state index in [1.165, 1.54) is 0 Å². The van der Waals surface area contributed by atoms with Gasteiger partial charge in [-0.05, 0) is 28.8 Å². The average molecular weight is 263 g/mol. The van der Waals surface area contributed by atoms with Crippen LogP contribution >= 0.6 is 0 Å². The molecule has 0 radical (unpaired) electrons. The second-order valence-corrected chi connectivity index (χ2v) is 4.44. The fraction of sp³-hybridized carbons (Fsp3) is 0.267. The van der Waals surface area contributed by atoms with Crippen molar-refractivity contribution in [3.63, 3.8) is 0 Å². The van der Waals surface area contributed by atoms with Crippen LogP contribution in [0.1, 0.15) is 24.3 Å². The zero-order valence-electron chi connectivity index (χ0n) is 10.1. The molecule has 0 aliphatic carbocycles. The Balaban J connectivity index is 2.24. The van der Waals surface area contributed by atoms with Crippen LogP contribution < -0.4 is 0 Å². The second kappa shape index (κ2) is 5.31. The Morgan fingerprint density at radius 1 is 1.05 bits per heavy atom. The minimum atomic E-state index is -4.22. The number of alkyl halides is 3. The number of benzene rings is 2. The molecule has 0 fully saturated rings. The Kier molecular flexibility index (Phi) is 3.75. The molecule has 0 heterocycles. The Hall–Kier alpha value is -2.02. The number of fused-ring (bicyclic) bond motifs is 1. The molecule has 0 spiro atoms. The summed E-state index contributed by atoms with van der Waals surface area (Å²) in [5, 5.41) is 11.0. The summed E-state index contributed by atoms with van der Waals surface area (Å²) in [7, 11) is 0. The van der Waals surface area contributed by atoms with Gasteiger partial charge in [-0.25, -0.2) is 0 Å². The van der Waals surface area contributed by atoms with Crippen molar-refractivity contribution in [3.8, 4) is 6.07 Å². The predicted molar refractivity (Wildman–Crippen MR) is 67.6 cm³/mol. The van der Waals surface area contributed by atoms with Gasteiger partial charge in [-0.3, -0.25) is 0 Å². The molecular formula is C15H12F3N. The molecule has 19 heavy (non-hydrogen) atoms. The summed E-state index contributed by atoms with van der Waals surface area (Å²) in [6, 6.07) is 14.9. The van der Waals surface area contributed by atoms with E-state index < -0.39 is 18.5 Å². The van der Waals surface area contributed by atoms with Crippen molar-refractivity contribution >= 4 is 10.8 Å². The smallest absolute Gasteiger partial charge is 0.198 e. The maximum atomic E-state index is 12.2. The van der Waals surface area contributed by atoms with Gasteiger partial charge < -0.3 is 0 Å². The fourth-order valence-corrected chi connectivity index (χ4v) is 2.04. The lowest BCUT2D eigenvalue weighted by Crippen LogP contribution is -2.09. The van der Waals surface area contributed by atoms with Gasteiger partial charge in [-0.15, -0.1) is 0 Å². The normalized spacial score (nSPS) is 13.2. The van der Waals surface area contributed by atoms with Crippen LogP contribution in [0.5, 0.6) is 0 Å². The summed E-state index contributed by atoms with van der Waals surface area (Å²) >= 11 is 0. The van der Waals surface area contributed by atoms with Gasteiger partial charge in [0.05, 0.1) is 12.0 Å². The molecule has 0 aromatic heterocycles. The number of rotatable bonds is 3. The lowest BCUT2D eigenvalue weighted by Gasteiger charge is -2.12. The SMILES string of the molecule is N#C[C@@H](CCC(F)(F)F)c1ccc2ccccc2c1. The maximum Gasteiger partial charge on any atom is 0.389 e. The fourth-order valence-electron chi connectivity index (χ4n) is 2.04. The minimum Gasteiger partial charge on any atom is -0.198 e. The Morgan fingerprint density at radius 3 is 2.37 bits per heavy atom. The van der Waals surface area contributed by atoms with Crippen molar-refractivity contribution in [2.24, 2.45) is 0 Å². The van der Waals surface area contributed by atoms with Gasteiger partial charge in [0.1, 0.15) is 0 Å². The van der Waals surface area contributed by atoms with Crippen molar-refractivity contribution in [2.45, 2.75) is 24.9 Å². The number of halogens is 3. The third-order valence-electron chi connectivity index (χ3n) is 3.05. The van der Waals surface area contributed by atoms with E-state index in [4.69, 9.17) is 5.26 Å².